The Hall–Kier alpha value is -2.53. The number of para-hydroxylation sites is 1. The van der Waals surface area contributed by atoms with Crippen LogP contribution in [0.2, 0.25) is 0 Å². The first-order valence-electron chi connectivity index (χ1n) is 10.6. The van der Waals surface area contributed by atoms with E-state index in [2.05, 4.69) is 58.9 Å². The van der Waals surface area contributed by atoms with Gasteiger partial charge in [0.2, 0.25) is 0 Å². The Bertz CT molecular complexity index is 809. The molecule has 2 heterocycles. The molecule has 3 unspecified atom stereocenters. The molecule has 0 aromatic heterocycles. The van der Waals surface area contributed by atoms with E-state index < -0.39 is 0 Å². The molecule has 1 fully saturated rings. The maximum Gasteiger partial charge on any atom is 0.191 e. The minimum absolute atomic E-state index is 0.141. The third-order valence-electron chi connectivity index (χ3n) is 5.82. The van der Waals surface area contributed by atoms with Crippen LogP contribution in [-0.2, 0) is 11.2 Å². The number of fused-ring (bicyclic) bond motifs is 1. The van der Waals surface area contributed by atoms with Crippen LogP contribution in [0.5, 0.6) is 5.75 Å². The Morgan fingerprint density at radius 3 is 2.66 bits per heavy atom. The van der Waals surface area contributed by atoms with Crippen molar-refractivity contribution in [1.29, 1.82) is 0 Å². The van der Waals surface area contributed by atoms with Gasteiger partial charge in [-0.25, -0.2) is 0 Å². The van der Waals surface area contributed by atoms with Crippen LogP contribution in [0.4, 0.5) is 0 Å². The smallest absolute Gasteiger partial charge is 0.191 e. The van der Waals surface area contributed by atoms with E-state index in [9.17, 15) is 0 Å². The van der Waals surface area contributed by atoms with Crippen LogP contribution >= 0.6 is 0 Å². The Kier molecular flexibility index (Phi) is 6.35. The van der Waals surface area contributed by atoms with Gasteiger partial charge in [-0.1, -0.05) is 48.0 Å². The molecule has 2 aromatic carbocycles. The van der Waals surface area contributed by atoms with Gasteiger partial charge in [-0.3, -0.25) is 4.99 Å². The molecule has 3 atom stereocenters. The largest absolute Gasteiger partial charge is 0.488 e. The highest BCUT2D eigenvalue weighted by atomic mass is 16.5. The van der Waals surface area contributed by atoms with Crippen molar-refractivity contribution in [2.45, 2.75) is 38.4 Å². The number of ether oxygens (including phenoxy) is 2. The second kappa shape index (κ2) is 9.31. The third-order valence-corrected chi connectivity index (χ3v) is 5.82. The number of aliphatic imine (C=N–C) groups is 1. The molecule has 2 aliphatic rings. The number of rotatable bonds is 5. The molecule has 5 nitrogen and oxygen atoms in total. The molecule has 5 heteroatoms. The lowest BCUT2D eigenvalue weighted by Gasteiger charge is -2.32. The van der Waals surface area contributed by atoms with Crippen molar-refractivity contribution in [2.75, 3.05) is 26.7 Å². The summed E-state index contributed by atoms with van der Waals surface area (Å²) in [6.07, 6.45) is 3.48. The van der Waals surface area contributed by atoms with Crippen LogP contribution in [0.1, 0.15) is 35.6 Å². The average molecular weight is 394 g/mol. The van der Waals surface area contributed by atoms with Crippen molar-refractivity contribution in [2.24, 2.45) is 10.9 Å². The van der Waals surface area contributed by atoms with Crippen molar-refractivity contribution in [3.63, 3.8) is 0 Å². The van der Waals surface area contributed by atoms with Gasteiger partial charge in [-0.15, -0.1) is 0 Å². The van der Waals surface area contributed by atoms with Gasteiger partial charge in [0.1, 0.15) is 11.9 Å². The molecule has 1 saturated heterocycles. The van der Waals surface area contributed by atoms with Crippen LogP contribution in [0.15, 0.2) is 53.5 Å². The predicted molar refractivity (Wildman–Crippen MR) is 117 cm³/mol. The van der Waals surface area contributed by atoms with Crippen LogP contribution in [-0.4, -0.2) is 38.8 Å². The molecule has 0 spiro atoms. The van der Waals surface area contributed by atoms with Crippen LogP contribution in [0.25, 0.3) is 0 Å². The number of hydrogen-bond donors (Lipinski definition) is 2. The first-order chi connectivity index (χ1) is 14.2. The zero-order chi connectivity index (χ0) is 20.1. The van der Waals surface area contributed by atoms with Crippen molar-refractivity contribution < 1.29 is 9.47 Å². The molecule has 0 bridgehead atoms. The van der Waals surface area contributed by atoms with Gasteiger partial charge in [0.15, 0.2) is 5.96 Å². The fraction of sp³-hybridized carbons (Fsp3) is 0.458. The average Bonchev–Trinajstić information content (AvgIpc) is 3.18. The zero-order valence-electron chi connectivity index (χ0n) is 17.4. The molecule has 0 radical (unpaired) electrons. The van der Waals surface area contributed by atoms with Gasteiger partial charge < -0.3 is 20.1 Å². The van der Waals surface area contributed by atoms with Crippen molar-refractivity contribution in [3.8, 4) is 5.75 Å². The lowest BCUT2D eigenvalue weighted by Crippen LogP contribution is -2.45. The second-order valence-electron chi connectivity index (χ2n) is 7.99. The van der Waals surface area contributed by atoms with Crippen LogP contribution in [0, 0.1) is 12.8 Å². The Balaban J connectivity index is 1.29. The minimum Gasteiger partial charge on any atom is -0.488 e. The first kappa shape index (κ1) is 19.8. The van der Waals surface area contributed by atoms with Gasteiger partial charge in [-0.05, 0) is 37.0 Å². The molecule has 2 aliphatic heterocycles. The van der Waals surface area contributed by atoms with Gasteiger partial charge in [-0.2, -0.15) is 0 Å². The molecule has 0 amide bonds. The van der Waals surface area contributed by atoms with Gasteiger partial charge in [0.25, 0.3) is 0 Å². The highest BCUT2D eigenvalue weighted by molar-refractivity contribution is 5.79. The van der Waals surface area contributed by atoms with Crippen LogP contribution < -0.4 is 15.4 Å². The number of nitrogens with one attached hydrogen (secondary N) is 2. The Morgan fingerprint density at radius 1 is 1.07 bits per heavy atom. The van der Waals surface area contributed by atoms with Crippen LogP contribution in [0.3, 0.4) is 0 Å². The standard InChI is InChI=1S/C24H31N3O2/c1-17-9-11-18(12-10-17)23-20(7-5-13-28-23)15-26-24(25-2)27-16-21-14-19-6-3-4-8-22(19)29-21/h3-4,6,8-12,20-21,23H,5,7,13-16H2,1-2H3,(H2,25,26,27). The summed E-state index contributed by atoms with van der Waals surface area (Å²) in [5.41, 5.74) is 3.82. The Morgan fingerprint density at radius 2 is 1.86 bits per heavy atom. The maximum atomic E-state index is 6.14. The molecular weight excluding hydrogens is 362 g/mol. The van der Waals surface area contributed by atoms with E-state index in [1.54, 1.807) is 0 Å². The molecular formula is C24H31N3O2. The van der Waals surface area contributed by atoms with Crippen molar-refractivity contribution in [1.82, 2.24) is 10.6 Å². The Labute approximate surface area is 173 Å². The van der Waals surface area contributed by atoms with E-state index in [1.165, 1.54) is 16.7 Å². The highest BCUT2D eigenvalue weighted by Crippen LogP contribution is 2.33. The summed E-state index contributed by atoms with van der Waals surface area (Å²) in [6, 6.07) is 17.0. The summed E-state index contributed by atoms with van der Waals surface area (Å²) in [7, 11) is 1.81. The summed E-state index contributed by atoms with van der Waals surface area (Å²) >= 11 is 0. The SMILES string of the molecule is CN=C(NCC1Cc2ccccc2O1)NCC1CCCOC1c1ccc(C)cc1. The van der Waals surface area contributed by atoms with E-state index in [-0.39, 0.29) is 12.2 Å². The summed E-state index contributed by atoms with van der Waals surface area (Å²) in [4.78, 5) is 4.39. The fourth-order valence-electron chi connectivity index (χ4n) is 4.20. The quantitative estimate of drug-likeness (QED) is 0.602. The molecule has 0 aliphatic carbocycles. The summed E-state index contributed by atoms with van der Waals surface area (Å²) < 4.78 is 12.2. The third kappa shape index (κ3) is 4.91. The van der Waals surface area contributed by atoms with E-state index in [1.807, 2.05) is 19.2 Å². The fourth-order valence-corrected chi connectivity index (χ4v) is 4.20. The van der Waals surface area contributed by atoms with Crippen molar-refractivity contribution in [3.05, 3.63) is 65.2 Å². The second-order valence-corrected chi connectivity index (χ2v) is 7.99. The lowest BCUT2D eigenvalue weighted by atomic mass is 9.89. The topological polar surface area (TPSA) is 54.9 Å². The van der Waals surface area contributed by atoms with E-state index in [0.29, 0.717) is 5.92 Å². The number of benzene rings is 2. The molecule has 29 heavy (non-hydrogen) atoms. The number of aryl methyl sites for hydroxylation is 1. The van der Waals surface area contributed by atoms with E-state index >= 15 is 0 Å². The monoisotopic (exact) mass is 393 g/mol. The van der Waals surface area contributed by atoms with Crippen molar-refractivity contribution >= 4 is 5.96 Å². The number of hydrogen-bond acceptors (Lipinski definition) is 3. The highest BCUT2D eigenvalue weighted by Gasteiger charge is 2.28. The van der Waals surface area contributed by atoms with E-state index in [4.69, 9.17) is 9.47 Å². The lowest BCUT2D eigenvalue weighted by molar-refractivity contribution is -0.0265. The van der Waals surface area contributed by atoms with E-state index in [0.717, 1.165) is 50.7 Å². The normalized spacial score (nSPS) is 23.9. The molecule has 2 N–H and O–H groups in total. The predicted octanol–water partition coefficient (Wildman–Crippen LogP) is 3.63. The minimum atomic E-state index is 0.141. The molecule has 4 rings (SSSR count). The van der Waals surface area contributed by atoms with Gasteiger partial charge in [0, 0.05) is 32.5 Å². The van der Waals surface area contributed by atoms with Gasteiger partial charge in [0.05, 0.1) is 12.6 Å². The molecule has 0 saturated carbocycles. The molecule has 154 valence electrons. The van der Waals surface area contributed by atoms with Gasteiger partial charge >= 0.3 is 0 Å². The summed E-state index contributed by atoms with van der Waals surface area (Å²) in [5.74, 6) is 2.25. The summed E-state index contributed by atoms with van der Waals surface area (Å²) in [6.45, 7) is 4.52. The first-order valence-corrected chi connectivity index (χ1v) is 10.6. The number of nitrogens with zero attached hydrogens (tertiary/aromatic N) is 1. The number of guanidine groups is 1. The summed E-state index contributed by atoms with van der Waals surface area (Å²) in [5, 5.41) is 6.92. The maximum absolute atomic E-state index is 6.14. The molecule has 2 aromatic rings. The zero-order valence-corrected chi connectivity index (χ0v) is 17.4.